The molecule has 33 heavy (non-hydrogen) atoms. The van der Waals surface area contributed by atoms with Crippen molar-refractivity contribution in [2.75, 3.05) is 52.5 Å². The van der Waals surface area contributed by atoms with E-state index in [9.17, 15) is 13.2 Å². The number of piperazine rings is 1. The SMILES string of the molecule is C[C@H]1c2cccn2CCN1CC(=O)N1CCN(S(=O)(=O)c2ccc3c(c2)OCCCO3)CC1. The number of hydrogen-bond donors (Lipinski definition) is 0. The van der Waals surface area contributed by atoms with Crippen molar-refractivity contribution in [3.05, 3.63) is 42.2 Å². The van der Waals surface area contributed by atoms with Crippen molar-refractivity contribution in [2.24, 2.45) is 0 Å². The Morgan fingerprint density at radius 3 is 2.55 bits per heavy atom. The molecule has 0 aliphatic carbocycles. The molecule has 3 aliphatic rings. The average molecular weight is 475 g/mol. The lowest BCUT2D eigenvalue weighted by Gasteiger charge is -2.38. The molecule has 178 valence electrons. The smallest absolute Gasteiger partial charge is 0.243 e. The van der Waals surface area contributed by atoms with Gasteiger partial charge in [0.2, 0.25) is 15.9 Å². The first-order valence-corrected chi connectivity index (χ1v) is 12.9. The van der Waals surface area contributed by atoms with Crippen LogP contribution in [-0.4, -0.2) is 85.5 Å². The van der Waals surface area contributed by atoms with Crippen LogP contribution in [0.3, 0.4) is 0 Å². The zero-order valence-corrected chi connectivity index (χ0v) is 19.7. The van der Waals surface area contributed by atoms with Crippen molar-refractivity contribution in [3.63, 3.8) is 0 Å². The molecule has 2 aromatic rings. The minimum atomic E-state index is -3.67. The Balaban J connectivity index is 1.20. The second kappa shape index (κ2) is 9.00. The van der Waals surface area contributed by atoms with E-state index >= 15 is 0 Å². The predicted molar refractivity (Wildman–Crippen MR) is 122 cm³/mol. The Labute approximate surface area is 194 Å². The number of carbonyl (C=O) groups excluding carboxylic acids is 1. The quantitative estimate of drug-likeness (QED) is 0.669. The Morgan fingerprint density at radius 1 is 1.00 bits per heavy atom. The molecule has 9 nitrogen and oxygen atoms in total. The van der Waals surface area contributed by atoms with E-state index < -0.39 is 10.0 Å². The third-order valence-corrected chi connectivity index (χ3v) is 8.65. The van der Waals surface area contributed by atoms with Crippen LogP contribution in [0.15, 0.2) is 41.4 Å². The van der Waals surface area contributed by atoms with E-state index in [2.05, 4.69) is 28.7 Å². The van der Waals surface area contributed by atoms with Crippen molar-refractivity contribution < 1.29 is 22.7 Å². The number of ether oxygens (including phenoxy) is 2. The summed E-state index contributed by atoms with van der Waals surface area (Å²) in [5.74, 6) is 1.08. The van der Waals surface area contributed by atoms with E-state index in [1.54, 1.807) is 23.1 Å². The van der Waals surface area contributed by atoms with Crippen molar-refractivity contribution in [3.8, 4) is 11.5 Å². The van der Waals surface area contributed by atoms with Crippen molar-refractivity contribution in [2.45, 2.75) is 30.8 Å². The van der Waals surface area contributed by atoms with Gasteiger partial charge in [-0.2, -0.15) is 4.31 Å². The maximum Gasteiger partial charge on any atom is 0.243 e. The van der Waals surface area contributed by atoms with E-state index in [4.69, 9.17) is 9.47 Å². The largest absolute Gasteiger partial charge is 0.490 e. The fraction of sp³-hybridized carbons (Fsp3) is 0.522. The summed E-state index contributed by atoms with van der Waals surface area (Å²) < 4.78 is 41.3. The standard InChI is InChI=1S/C23H30N4O5S/c1-18-20-4-2-7-24(20)8-9-26(18)17-23(28)25-10-12-27(13-11-25)33(29,30)19-5-6-21-22(16-19)32-15-3-14-31-21/h2,4-7,16,18H,3,8-15,17H2,1H3/t18-/m0/s1. The molecule has 1 amide bonds. The number of sulfonamides is 1. The van der Waals surface area contributed by atoms with Gasteiger partial charge in [0.25, 0.3) is 0 Å². The highest BCUT2D eigenvalue weighted by molar-refractivity contribution is 7.89. The first kappa shape index (κ1) is 22.2. The zero-order valence-electron chi connectivity index (χ0n) is 18.9. The van der Waals surface area contributed by atoms with E-state index in [1.807, 2.05) is 6.07 Å². The summed E-state index contributed by atoms with van der Waals surface area (Å²) in [5.41, 5.74) is 1.22. The van der Waals surface area contributed by atoms with Crippen molar-refractivity contribution in [1.82, 2.24) is 18.7 Å². The van der Waals surface area contributed by atoms with Gasteiger partial charge >= 0.3 is 0 Å². The minimum absolute atomic E-state index is 0.0504. The summed E-state index contributed by atoms with van der Waals surface area (Å²) in [4.78, 5) is 17.1. The molecule has 4 heterocycles. The summed E-state index contributed by atoms with van der Waals surface area (Å²) in [6.45, 7) is 6.56. The van der Waals surface area contributed by atoms with Crippen LogP contribution in [0, 0.1) is 0 Å². The molecule has 0 unspecified atom stereocenters. The van der Waals surface area contributed by atoms with Gasteiger partial charge in [0.15, 0.2) is 11.5 Å². The number of aromatic nitrogens is 1. The Bertz CT molecular complexity index is 1120. The van der Waals surface area contributed by atoms with Gasteiger partial charge in [-0.15, -0.1) is 0 Å². The number of amides is 1. The molecule has 5 rings (SSSR count). The number of fused-ring (bicyclic) bond motifs is 2. The van der Waals surface area contributed by atoms with E-state index in [0.29, 0.717) is 44.3 Å². The molecule has 1 saturated heterocycles. The van der Waals surface area contributed by atoms with Gasteiger partial charge in [0.05, 0.1) is 24.7 Å². The lowest BCUT2D eigenvalue weighted by Crippen LogP contribution is -2.53. The molecule has 10 heteroatoms. The highest BCUT2D eigenvalue weighted by atomic mass is 32.2. The van der Waals surface area contributed by atoms with Crippen LogP contribution in [0.1, 0.15) is 25.1 Å². The van der Waals surface area contributed by atoms with Crippen LogP contribution in [0.5, 0.6) is 11.5 Å². The minimum Gasteiger partial charge on any atom is -0.490 e. The van der Waals surface area contributed by atoms with E-state index in [-0.39, 0.29) is 29.9 Å². The number of carbonyl (C=O) groups is 1. The van der Waals surface area contributed by atoms with Gasteiger partial charge in [-0.05, 0) is 31.2 Å². The van der Waals surface area contributed by atoms with Gasteiger partial charge in [-0.3, -0.25) is 9.69 Å². The Hall–Kier alpha value is -2.56. The molecule has 1 fully saturated rings. The maximum atomic E-state index is 13.2. The maximum absolute atomic E-state index is 13.2. The van der Waals surface area contributed by atoms with E-state index in [1.165, 1.54) is 10.00 Å². The molecule has 1 atom stereocenters. The van der Waals surface area contributed by atoms with Crippen molar-refractivity contribution in [1.29, 1.82) is 0 Å². The summed E-state index contributed by atoms with van der Waals surface area (Å²) in [6, 6.07) is 9.09. The van der Waals surface area contributed by atoms with Gasteiger partial charge in [-0.1, -0.05) is 0 Å². The molecule has 0 saturated carbocycles. The topological polar surface area (TPSA) is 84.3 Å². The molecular weight excluding hydrogens is 444 g/mol. The molecule has 1 aromatic heterocycles. The molecule has 0 bridgehead atoms. The molecule has 0 N–H and O–H groups in total. The molecule has 3 aliphatic heterocycles. The summed E-state index contributed by atoms with van der Waals surface area (Å²) in [7, 11) is -3.67. The highest BCUT2D eigenvalue weighted by Crippen LogP contribution is 2.33. The predicted octanol–water partition coefficient (Wildman–Crippen LogP) is 1.56. The molecule has 0 spiro atoms. The molecule has 1 aromatic carbocycles. The number of hydrogen-bond acceptors (Lipinski definition) is 6. The highest BCUT2D eigenvalue weighted by Gasteiger charge is 2.32. The normalized spacial score (nSPS) is 22.0. The number of nitrogens with zero attached hydrogens (tertiary/aromatic N) is 4. The summed E-state index contributed by atoms with van der Waals surface area (Å²) in [5, 5.41) is 0. The van der Waals surface area contributed by atoms with Crippen LogP contribution in [0.2, 0.25) is 0 Å². The summed E-state index contributed by atoms with van der Waals surface area (Å²) in [6.07, 6.45) is 2.84. The van der Waals surface area contributed by atoms with Crippen LogP contribution in [-0.2, 0) is 21.4 Å². The average Bonchev–Trinajstić information content (AvgIpc) is 3.19. The van der Waals surface area contributed by atoms with E-state index in [0.717, 1.165) is 19.5 Å². The number of rotatable bonds is 4. The Morgan fingerprint density at radius 2 is 1.76 bits per heavy atom. The monoisotopic (exact) mass is 474 g/mol. The fourth-order valence-corrected chi connectivity index (χ4v) is 6.19. The van der Waals surface area contributed by atoms with Crippen LogP contribution < -0.4 is 9.47 Å². The third kappa shape index (κ3) is 4.34. The number of benzene rings is 1. The summed E-state index contributed by atoms with van der Waals surface area (Å²) >= 11 is 0. The van der Waals surface area contributed by atoms with Crippen LogP contribution in [0.4, 0.5) is 0 Å². The first-order chi connectivity index (χ1) is 15.9. The molecular formula is C23H30N4O5S. The first-order valence-electron chi connectivity index (χ1n) is 11.5. The van der Waals surface area contributed by atoms with Gasteiger partial charge in [0, 0.05) is 69.7 Å². The molecule has 0 radical (unpaired) electrons. The third-order valence-electron chi connectivity index (χ3n) is 6.75. The zero-order chi connectivity index (χ0) is 23.0. The van der Waals surface area contributed by atoms with Crippen molar-refractivity contribution >= 4 is 15.9 Å². The van der Waals surface area contributed by atoms with Gasteiger partial charge < -0.3 is 18.9 Å². The van der Waals surface area contributed by atoms with Gasteiger partial charge in [-0.25, -0.2) is 8.42 Å². The Kier molecular flexibility index (Phi) is 6.07. The second-order valence-corrected chi connectivity index (χ2v) is 10.7. The lowest BCUT2D eigenvalue weighted by molar-refractivity contribution is -0.134. The second-order valence-electron chi connectivity index (χ2n) is 8.72. The van der Waals surface area contributed by atoms with Crippen LogP contribution >= 0.6 is 0 Å². The van der Waals surface area contributed by atoms with Gasteiger partial charge in [0.1, 0.15) is 0 Å². The fourth-order valence-electron chi connectivity index (χ4n) is 4.75. The lowest BCUT2D eigenvalue weighted by atomic mass is 10.1. The van der Waals surface area contributed by atoms with Crippen LogP contribution in [0.25, 0.3) is 0 Å².